The van der Waals surface area contributed by atoms with Gasteiger partial charge in [0.25, 0.3) is 0 Å². The summed E-state index contributed by atoms with van der Waals surface area (Å²) in [7, 11) is 0. The van der Waals surface area contributed by atoms with Gasteiger partial charge in [-0.05, 0) is 13.0 Å². The number of unbranched alkanes of at least 4 members (excludes halogenated alkanes) is 1. The Hall–Kier alpha value is -0.120. The zero-order chi connectivity index (χ0) is 8.65. The van der Waals surface area contributed by atoms with Crippen molar-refractivity contribution in [1.82, 2.24) is 15.5 Å². The van der Waals surface area contributed by atoms with Crippen molar-refractivity contribution in [3.63, 3.8) is 0 Å². The molecule has 3 heteroatoms. The van der Waals surface area contributed by atoms with Gasteiger partial charge in [-0.1, -0.05) is 13.3 Å². The standard InChI is InChI=1S/C9H21N3/c1-2-3-4-11-9-12-7-5-10-6-8-12/h10-11H,2-9H2,1H3. The molecule has 1 fully saturated rings. The van der Waals surface area contributed by atoms with E-state index in [1.807, 2.05) is 0 Å². The SMILES string of the molecule is CCCCNCN1CCNCC1. The van der Waals surface area contributed by atoms with Crippen molar-refractivity contribution in [2.75, 3.05) is 39.4 Å². The highest BCUT2D eigenvalue weighted by Gasteiger charge is 2.07. The zero-order valence-corrected chi connectivity index (χ0v) is 8.10. The Balaban J connectivity index is 1.91. The van der Waals surface area contributed by atoms with Crippen LogP contribution in [0.4, 0.5) is 0 Å². The number of nitrogens with one attached hydrogen (secondary N) is 2. The molecule has 0 aliphatic carbocycles. The van der Waals surface area contributed by atoms with Crippen LogP contribution in [0.1, 0.15) is 19.8 Å². The molecular weight excluding hydrogens is 150 g/mol. The second-order valence-corrected chi connectivity index (χ2v) is 3.38. The molecule has 1 rings (SSSR count). The van der Waals surface area contributed by atoms with Gasteiger partial charge in [-0.3, -0.25) is 4.90 Å². The fraction of sp³-hybridized carbons (Fsp3) is 1.00. The van der Waals surface area contributed by atoms with Gasteiger partial charge in [-0.25, -0.2) is 0 Å². The highest BCUT2D eigenvalue weighted by molar-refractivity contribution is 4.66. The molecule has 2 N–H and O–H groups in total. The van der Waals surface area contributed by atoms with Crippen LogP contribution < -0.4 is 10.6 Å². The van der Waals surface area contributed by atoms with Crippen LogP contribution in [0.15, 0.2) is 0 Å². The summed E-state index contributed by atoms with van der Waals surface area (Å²) in [6.45, 7) is 9.15. The first-order chi connectivity index (χ1) is 5.93. The molecule has 0 spiro atoms. The van der Waals surface area contributed by atoms with E-state index in [1.54, 1.807) is 0 Å². The van der Waals surface area contributed by atoms with Gasteiger partial charge in [0.15, 0.2) is 0 Å². The van der Waals surface area contributed by atoms with E-state index in [9.17, 15) is 0 Å². The highest BCUT2D eigenvalue weighted by Crippen LogP contribution is 1.89. The largest absolute Gasteiger partial charge is 0.314 e. The number of piperazine rings is 1. The smallest absolute Gasteiger partial charge is 0.0481 e. The normalized spacial score (nSPS) is 19.8. The summed E-state index contributed by atoms with van der Waals surface area (Å²) in [4.78, 5) is 2.46. The lowest BCUT2D eigenvalue weighted by Crippen LogP contribution is -2.47. The fourth-order valence-electron chi connectivity index (χ4n) is 1.41. The molecule has 0 saturated carbocycles. The molecule has 0 aromatic heterocycles. The van der Waals surface area contributed by atoms with Crippen molar-refractivity contribution in [2.45, 2.75) is 19.8 Å². The molecule has 0 bridgehead atoms. The van der Waals surface area contributed by atoms with Crippen LogP contribution in [0.5, 0.6) is 0 Å². The number of hydrogen-bond donors (Lipinski definition) is 2. The molecular formula is C9H21N3. The van der Waals surface area contributed by atoms with Crippen LogP contribution in [-0.4, -0.2) is 44.3 Å². The van der Waals surface area contributed by atoms with E-state index in [2.05, 4.69) is 22.5 Å². The summed E-state index contributed by atoms with van der Waals surface area (Å²) < 4.78 is 0. The summed E-state index contributed by atoms with van der Waals surface area (Å²) in [5.41, 5.74) is 0. The average Bonchev–Trinajstić information content (AvgIpc) is 2.14. The maximum absolute atomic E-state index is 3.45. The third-order valence-electron chi connectivity index (χ3n) is 2.25. The van der Waals surface area contributed by atoms with Crippen molar-refractivity contribution < 1.29 is 0 Å². The second kappa shape index (κ2) is 6.40. The van der Waals surface area contributed by atoms with Crippen molar-refractivity contribution >= 4 is 0 Å². The predicted octanol–water partition coefficient (Wildman–Crippen LogP) is 0.239. The lowest BCUT2D eigenvalue weighted by Gasteiger charge is -2.27. The molecule has 1 aliphatic heterocycles. The minimum atomic E-state index is 1.07. The number of nitrogens with zero attached hydrogens (tertiary/aromatic N) is 1. The Kier molecular flexibility index (Phi) is 5.32. The summed E-state index contributed by atoms with van der Waals surface area (Å²) in [5, 5.41) is 6.80. The van der Waals surface area contributed by atoms with Crippen molar-refractivity contribution in [1.29, 1.82) is 0 Å². The average molecular weight is 171 g/mol. The van der Waals surface area contributed by atoms with Gasteiger partial charge in [-0.15, -0.1) is 0 Å². The molecule has 3 nitrogen and oxygen atoms in total. The van der Waals surface area contributed by atoms with Gasteiger partial charge in [0, 0.05) is 32.8 Å². The minimum absolute atomic E-state index is 1.07. The zero-order valence-electron chi connectivity index (χ0n) is 8.10. The van der Waals surface area contributed by atoms with Crippen molar-refractivity contribution in [3.05, 3.63) is 0 Å². The second-order valence-electron chi connectivity index (χ2n) is 3.38. The molecule has 0 aromatic rings. The Morgan fingerprint density at radius 3 is 2.75 bits per heavy atom. The molecule has 0 unspecified atom stereocenters. The van der Waals surface area contributed by atoms with Gasteiger partial charge in [0.05, 0.1) is 0 Å². The highest BCUT2D eigenvalue weighted by atomic mass is 15.2. The molecule has 0 amide bonds. The van der Waals surface area contributed by atoms with E-state index < -0.39 is 0 Å². The maximum atomic E-state index is 3.45. The lowest BCUT2D eigenvalue weighted by molar-refractivity contribution is 0.224. The third-order valence-corrected chi connectivity index (χ3v) is 2.25. The first kappa shape index (κ1) is 9.96. The van der Waals surface area contributed by atoms with E-state index in [1.165, 1.54) is 32.5 Å². The third kappa shape index (κ3) is 4.04. The summed E-state index contributed by atoms with van der Waals surface area (Å²) >= 11 is 0. The van der Waals surface area contributed by atoms with Gasteiger partial charge < -0.3 is 10.6 Å². The number of rotatable bonds is 5. The van der Waals surface area contributed by atoms with Crippen LogP contribution in [-0.2, 0) is 0 Å². The molecule has 1 saturated heterocycles. The van der Waals surface area contributed by atoms with Crippen LogP contribution in [0.3, 0.4) is 0 Å². The van der Waals surface area contributed by atoms with Gasteiger partial charge in [-0.2, -0.15) is 0 Å². The van der Waals surface area contributed by atoms with E-state index in [0.717, 1.165) is 19.8 Å². The lowest BCUT2D eigenvalue weighted by atomic mass is 10.3. The quantitative estimate of drug-likeness (QED) is 0.580. The summed E-state index contributed by atoms with van der Waals surface area (Å²) in [5.74, 6) is 0. The van der Waals surface area contributed by atoms with Crippen LogP contribution in [0, 0.1) is 0 Å². The van der Waals surface area contributed by atoms with E-state index in [4.69, 9.17) is 0 Å². The molecule has 72 valence electrons. The maximum Gasteiger partial charge on any atom is 0.0481 e. The Labute approximate surface area is 75.5 Å². The van der Waals surface area contributed by atoms with Crippen LogP contribution in [0.25, 0.3) is 0 Å². The molecule has 0 aromatic carbocycles. The van der Waals surface area contributed by atoms with Crippen molar-refractivity contribution in [2.24, 2.45) is 0 Å². The number of hydrogen-bond acceptors (Lipinski definition) is 3. The van der Waals surface area contributed by atoms with Gasteiger partial charge in [0.2, 0.25) is 0 Å². The molecule has 1 heterocycles. The van der Waals surface area contributed by atoms with E-state index >= 15 is 0 Å². The molecule has 12 heavy (non-hydrogen) atoms. The predicted molar refractivity (Wildman–Crippen MR) is 52.2 cm³/mol. The van der Waals surface area contributed by atoms with Crippen LogP contribution >= 0.6 is 0 Å². The van der Waals surface area contributed by atoms with E-state index in [-0.39, 0.29) is 0 Å². The summed E-state index contributed by atoms with van der Waals surface area (Å²) in [6.07, 6.45) is 2.58. The fourth-order valence-corrected chi connectivity index (χ4v) is 1.41. The minimum Gasteiger partial charge on any atom is -0.314 e. The monoisotopic (exact) mass is 171 g/mol. The molecule has 0 atom stereocenters. The molecule has 0 radical (unpaired) electrons. The Morgan fingerprint density at radius 1 is 1.33 bits per heavy atom. The van der Waals surface area contributed by atoms with Gasteiger partial charge in [0.1, 0.15) is 0 Å². The first-order valence-corrected chi connectivity index (χ1v) is 5.07. The topological polar surface area (TPSA) is 27.3 Å². The first-order valence-electron chi connectivity index (χ1n) is 5.07. The van der Waals surface area contributed by atoms with Crippen molar-refractivity contribution in [3.8, 4) is 0 Å². The van der Waals surface area contributed by atoms with Crippen LogP contribution in [0.2, 0.25) is 0 Å². The summed E-state index contributed by atoms with van der Waals surface area (Å²) in [6, 6.07) is 0. The molecule has 1 aliphatic rings. The van der Waals surface area contributed by atoms with E-state index in [0.29, 0.717) is 0 Å². The Bertz CT molecular complexity index is 99.9. The Morgan fingerprint density at radius 2 is 2.08 bits per heavy atom. The van der Waals surface area contributed by atoms with Gasteiger partial charge >= 0.3 is 0 Å².